The van der Waals surface area contributed by atoms with Crippen molar-refractivity contribution in [3.05, 3.63) is 65.6 Å². The number of aromatic nitrogens is 3. The molecule has 0 radical (unpaired) electrons. The number of hydrogen-bond donors (Lipinski definition) is 1. The van der Waals surface area contributed by atoms with Crippen LogP contribution in [0.2, 0.25) is 5.02 Å². The lowest BCUT2D eigenvalue weighted by Crippen LogP contribution is -2.40. The molecule has 0 aliphatic carbocycles. The summed E-state index contributed by atoms with van der Waals surface area (Å²) in [6, 6.07) is 9.37. The molecule has 0 unspecified atom stereocenters. The number of nitrogens with one attached hydrogen (secondary N) is 1. The molecule has 0 bridgehead atoms. The van der Waals surface area contributed by atoms with Gasteiger partial charge in [-0.05, 0) is 36.4 Å². The van der Waals surface area contributed by atoms with Crippen LogP contribution in [0.15, 0.2) is 59.9 Å². The topological polar surface area (TPSA) is 114 Å². The van der Waals surface area contributed by atoms with Crippen LogP contribution in [0.25, 0.3) is 11.5 Å². The maximum absolute atomic E-state index is 12.7. The maximum atomic E-state index is 12.7. The normalized spacial score (nSPS) is 14.9. The minimum atomic E-state index is -3.59. The molecule has 1 aliphatic heterocycles. The van der Waals surface area contributed by atoms with Gasteiger partial charge in [0.25, 0.3) is 5.91 Å². The molecule has 4 rings (SSSR count). The van der Waals surface area contributed by atoms with Gasteiger partial charge in [0.15, 0.2) is 5.82 Å². The average molecular weight is 460 g/mol. The summed E-state index contributed by atoms with van der Waals surface area (Å²) in [5, 5.41) is 3.11. The monoisotopic (exact) mass is 459 g/mol. The van der Waals surface area contributed by atoms with Crippen LogP contribution < -0.4 is 5.32 Å². The predicted octanol–water partition coefficient (Wildman–Crippen LogP) is 2.47. The molecule has 1 amide bonds. The van der Waals surface area contributed by atoms with Crippen molar-refractivity contribution in [3.63, 3.8) is 0 Å². The summed E-state index contributed by atoms with van der Waals surface area (Å²) in [6.07, 6.45) is 4.33. The number of ether oxygens (including phenoxy) is 1. The van der Waals surface area contributed by atoms with Crippen molar-refractivity contribution in [2.24, 2.45) is 0 Å². The van der Waals surface area contributed by atoms with Crippen molar-refractivity contribution in [2.45, 2.75) is 4.90 Å². The van der Waals surface area contributed by atoms with Crippen LogP contribution in [0.4, 0.5) is 5.69 Å². The van der Waals surface area contributed by atoms with E-state index in [0.717, 1.165) is 0 Å². The Hall–Kier alpha value is -2.92. The summed E-state index contributed by atoms with van der Waals surface area (Å²) < 4.78 is 31.9. The van der Waals surface area contributed by atoms with Crippen molar-refractivity contribution in [3.8, 4) is 11.5 Å². The van der Waals surface area contributed by atoms with Crippen LogP contribution in [-0.2, 0) is 14.8 Å². The molecular formula is C20H18ClN5O4S. The summed E-state index contributed by atoms with van der Waals surface area (Å²) in [5.41, 5.74) is 1.11. The zero-order valence-electron chi connectivity index (χ0n) is 16.2. The first kappa shape index (κ1) is 21.3. The number of rotatable bonds is 5. The molecule has 0 atom stereocenters. The van der Waals surface area contributed by atoms with Crippen LogP contribution in [0.1, 0.15) is 10.4 Å². The fourth-order valence-corrected chi connectivity index (χ4v) is 4.58. The van der Waals surface area contributed by atoms with E-state index in [1.165, 1.54) is 41.0 Å². The molecule has 1 aromatic carbocycles. The Morgan fingerprint density at radius 1 is 1.03 bits per heavy atom. The zero-order valence-corrected chi connectivity index (χ0v) is 17.8. The minimum Gasteiger partial charge on any atom is -0.379 e. The van der Waals surface area contributed by atoms with E-state index in [2.05, 4.69) is 20.3 Å². The van der Waals surface area contributed by atoms with Gasteiger partial charge in [0.2, 0.25) is 10.0 Å². The van der Waals surface area contributed by atoms with Gasteiger partial charge in [0.1, 0.15) is 5.69 Å². The number of amides is 1. The highest BCUT2D eigenvalue weighted by molar-refractivity contribution is 7.89. The van der Waals surface area contributed by atoms with E-state index < -0.39 is 15.9 Å². The Kier molecular flexibility index (Phi) is 6.23. The van der Waals surface area contributed by atoms with Gasteiger partial charge in [0.05, 0.1) is 28.7 Å². The highest BCUT2D eigenvalue weighted by Gasteiger charge is 2.26. The molecule has 11 heteroatoms. The van der Waals surface area contributed by atoms with Crippen LogP contribution >= 0.6 is 11.6 Å². The highest BCUT2D eigenvalue weighted by atomic mass is 35.5. The number of anilines is 1. The highest BCUT2D eigenvalue weighted by Crippen LogP contribution is 2.22. The lowest BCUT2D eigenvalue weighted by molar-refractivity contribution is 0.0730. The number of carbonyl (C=O) groups excluding carboxylic acids is 1. The Balaban J connectivity index is 1.44. The molecule has 3 heterocycles. The van der Waals surface area contributed by atoms with Gasteiger partial charge >= 0.3 is 0 Å². The lowest BCUT2D eigenvalue weighted by Gasteiger charge is -2.26. The summed E-state index contributed by atoms with van der Waals surface area (Å²) >= 11 is 6.09. The molecule has 1 fully saturated rings. The van der Waals surface area contributed by atoms with Crippen LogP contribution in [0.5, 0.6) is 0 Å². The summed E-state index contributed by atoms with van der Waals surface area (Å²) in [5.74, 6) is -0.123. The standard InChI is InChI=1S/C20H18ClN5O4S/c21-17-2-1-7-22-18(17)19-23-12-14(13-24-19)20(27)25-15-3-5-16(6-4-15)31(28,29)26-8-10-30-11-9-26/h1-7,12-13H,8-11H2,(H,25,27). The molecule has 1 saturated heterocycles. The molecule has 3 aromatic rings. The third kappa shape index (κ3) is 4.72. The number of nitrogens with zero attached hydrogens (tertiary/aromatic N) is 4. The number of carbonyl (C=O) groups is 1. The number of sulfonamides is 1. The first-order valence-corrected chi connectivity index (χ1v) is 11.2. The Bertz CT molecular complexity index is 1180. The SMILES string of the molecule is O=C(Nc1ccc(S(=O)(=O)N2CCOCC2)cc1)c1cnc(-c2ncccc2Cl)nc1. The van der Waals surface area contributed by atoms with E-state index in [1.807, 2.05) is 0 Å². The molecule has 0 spiro atoms. The van der Waals surface area contributed by atoms with Gasteiger partial charge in [-0.15, -0.1) is 0 Å². The van der Waals surface area contributed by atoms with Gasteiger partial charge in [-0.1, -0.05) is 11.6 Å². The molecule has 0 saturated carbocycles. The Morgan fingerprint density at radius 2 is 1.71 bits per heavy atom. The van der Waals surface area contributed by atoms with Crippen LogP contribution in [-0.4, -0.2) is 59.9 Å². The van der Waals surface area contributed by atoms with Crippen LogP contribution in [0, 0.1) is 0 Å². The second kappa shape index (κ2) is 9.06. The van der Waals surface area contributed by atoms with E-state index in [0.29, 0.717) is 48.5 Å². The summed E-state index contributed by atoms with van der Waals surface area (Å²) in [6.45, 7) is 1.39. The number of halogens is 1. The van der Waals surface area contributed by atoms with Crippen LogP contribution in [0.3, 0.4) is 0 Å². The third-order valence-corrected chi connectivity index (χ3v) is 6.82. The predicted molar refractivity (Wildman–Crippen MR) is 114 cm³/mol. The molecule has 1 aliphatic rings. The van der Waals surface area contributed by atoms with Crippen molar-refractivity contribution in [1.82, 2.24) is 19.3 Å². The molecule has 1 N–H and O–H groups in total. The van der Waals surface area contributed by atoms with E-state index in [-0.39, 0.29) is 10.5 Å². The molecule has 31 heavy (non-hydrogen) atoms. The molecular weight excluding hydrogens is 442 g/mol. The largest absolute Gasteiger partial charge is 0.379 e. The lowest BCUT2D eigenvalue weighted by atomic mass is 10.2. The molecule has 160 valence electrons. The second-order valence-corrected chi connectivity index (χ2v) is 8.97. The quantitative estimate of drug-likeness (QED) is 0.623. The summed E-state index contributed by atoms with van der Waals surface area (Å²) in [7, 11) is -3.59. The fraction of sp³-hybridized carbons (Fsp3) is 0.200. The van der Waals surface area contributed by atoms with Gasteiger partial charge in [-0.25, -0.2) is 18.4 Å². The molecule has 2 aromatic heterocycles. The fourth-order valence-electron chi connectivity index (χ4n) is 2.97. The Morgan fingerprint density at radius 3 is 2.35 bits per heavy atom. The van der Waals surface area contributed by atoms with Gasteiger partial charge < -0.3 is 10.1 Å². The van der Waals surface area contributed by atoms with E-state index in [9.17, 15) is 13.2 Å². The second-order valence-electron chi connectivity index (χ2n) is 6.62. The summed E-state index contributed by atoms with van der Waals surface area (Å²) in [4.78, 5) is 25.1. The van der Waals surface area contributed by atoms with Crippen molar-refractivity contribution in [1.29, 1.82) is 0 Å². The van der Waals surface area contributed by atoms with Gasteiger partial charge in [0, 0.05) is 37.4 Å². The minimum absolute atomic E-state index is 0.160. The first-order valence-electron chi connectivity index (χ1n) is 9.37. The average Bonchev–Trinajstić information content (AvgIpc) is 2.80. The first-order chi connectivity index (χ1) is 14.9. The van der Waals surface area contributed by atoms with Gasteiger partial charge in [-0.3, -0.25) is 9.78 Å². The van der Waals surface area contributed by atoms with E-state index in [4.69, 9.17) is 16.3 Å². The number of pyridine rings is 1. The Labute approximate surface area is 184 Å². The van der Waals surface area contributed by atoms with Crippen molar-refractivity contribution in [2.75, 3.05) is 31.6 Å². The molecule has 9 nitrogen and oxygen atoms in total. The van der Waals surface area contributed by atoms with E-state index in [1.54, 1.807) is 18.3 Å². The van der Waals surface area contributed by atoms with Crippen molar-refractivity contribution >= 4 is 33.2 Å². The maximum Gasteiger partial charge on any atom is 0.258 e. The number of benzene rings is 1. The number of hydrogen-bond acceptors (Lipinski definition) is 7. The number of morpholine rings is 1. The smallest absolute Gasteiger partial charge is 0.258 e. The van der Waals surface area contributed by atoms with Crippen molar-refractivity contribution < 1.29 is 17.9 Å². The third-order valence-electron chi connectivity index (χ3n) is 4.60. The van der Waals surface area contributed by atoms with Gasteiger partial charge in [-0.2, -0.15) is 4.31 Å². The van der Waals surface area contributed by atoms with E-state index >= 15 is 0 Å². The zero-order chi connectivity index (χ0) is 21.8.